The SMILES string of the molecule is CCN(CC)C(=O)N1CCC(O)c2ccc(OC)cc21. The number of nitrogens with zero attached hydrogens (tertiary/aromatic N) is 2. The molecule has 1 aromatic rings. The Morgan fingerprint density at radius 2 is 2.15 bits per heavy atom. The van der Waals surface area contributed by atoms with Crippen LogP contribution in [-0.4, -0.2) is 42.8 Å². The van der Waals surface area contributed by atoms with E-state index in [4.69, 9.17) is 4.74 Å². The lowest BCUT2D eigenvalue weighted by atomic mass is 9.99. The summed E-state index contributed by atoms with van der Waals surface area (Å²) in [6.45, 7) is 5.80. The van der Waals surface area contributed by atoms with Crippen molar-refractivity contribution in [2.75, 3.05) is 31.6 Å². The van der Waals surface area contributed by atoms with Crippen LogP contribution in [0.1, 0.15) is 31.9 Å². The molecular weight excluding hydrogens is 256 g/mol. The molecule has 0 radical (unpaired) electrons. The number of aliphatic hydroxyl groups is 1. The first-order valence-electron chi connectivity index (χ1n) is 7.04. The van der Waals surface area contributed by atoms with Crippen LogP contribution >= 0.6 is 0 Å². The average Bonchev–Trinajstić information content (AvgIpc) is 2.48. The number of hydrogen-bond donors (Lipinski definition) is 1. The van der Waals surface area contributed by atoms with Gasteiger partial charge in [-0.2, -0.15) is 0 Å². The van der Waals surface area contributed by atoms with E-state index >= 15 is 0 Å². The number of ether oxygens (including phenoxy) is 1. The fourth-order valence-electron chi connectivity index (χ4n) is 2.56. The van der Waals surface area contributed by atoms with E-state index in [0.29, 0.717) is 31.8 Å². The topological polar surface area (TPSA) is 53.0 Å². The lowest BCUT2D eigenvalue weighted by molar-refractivity contribution is 0.161. The maximum absolute atomic E-state index is 12.6. The van der Waals surface area contributed by atoms with E-state index in [9.17, 15) is 9.90 Å². The lowest BCUT2D eigenvalue weighted by Crippen LogP contribution is -2.45. The Morgan fingerprint density at radius 1 is 1.45 bits per heavy atom. The van der Waals surface area contributed by atoms with Crippen LogP contribution in [0.5, 0.6) is 5.75 Å². The summed E-state index contributed by atoms with van der Waals surface area (Å²) in [6.07, 6.45) is 0.0449. The standard InChI is InChI=1S/C15H22N2O3/c1-4-16(5-2)15(19)17-9-8-14(18)12-7-6-11(20-3)10-13(12)17/h6-7,10,14,18H,4-5,8-9H2,1-3H3. The van der Waals surface area contributed by atoms with Gasteiger partial charge in [0, 0.05) is 31.3 Å². The zero-order valence-corrected chi connectivity index (χ0v) is 12.3. The van der Waals surface area contributed by atoms with Gasteiger partial charge in [-0.1, -0.05) is 6.07 Å². The van der Waals surface area contributed by atoms with Crippen LogP contribution in [-0.2, 0) is 0 Å². The number of benzene rings is 1. The maximum Gasteiger partial charge on any atom is 0.324 e. The molecule has 0 fully saturated rings. The van der Waals surface area contributed by atoms with E-state index in [-0.39, 0.29) is 6.03 Å². The number of carbonyl (C=O) groups excluding carboxylic acids is 1. The molecule has 0 spiro atoms. The Kier molecular flexibility index (Phi) is 4.49. The highest BCUT2D eigenvalue weighted by atomic mass is 16.5. The van der Waals surface area contributed by atoms with Gasteiger partial charge >= 0.3 is 6.03 Å². The van der Waals surface area contributed by atoms with Crippen molar-refractivity contribution in [1.82, 2.24) is 4.90 Å². The van der Waals surface area contributed by atoms with E-state index in [2.05, 4.69) is 0 Å². The van der Waals surface area contributed by atoms with Gasteiger partial charge in [-0.15, -0.1) is 0 Å². The molecule has 1 heterocycles. The Bertz CT molecular complexity index is 486. The molecule has 5 heteroatoms. The molecule has 20 heavy (non-hydrogen) atoms. The molecule has 0 bridgehead atoms. The number of anilines is 1. The highest BCUT2D eigenvalue weighted by Crippen LogP contribution is 2.36. The first-order valence-corrected chi connectivity index (χ1v) is 7.04. The monoisotopic (exact) mass is 278 g/mol. The molecule has 1 aliphatic heterocycles. The molecule has 110 valence electrons. The first-order chi connectivity index (χ1) is 9.62. The number of methoxy groups -OCH3 is 1. The molecule has 2 amide bonds. The van der Waals surface area contributed by atoms with Crippen molar-refractivity contribution in [3.63, 3.8) is 0 Å². The summed E-state index contributed by atoms with van der Waals surface area (Å²) in [5.74, 6) is 0.690. The molecule has 0 saturated heterocycles. The molecule has 2 rings (SSSR count). The zero-order valence-electron chi connectivity index (χ0n) is 12.3. The molecule has 1 aliphatic rings. The smallest absolute Gasteiger partial charge is 0.324 e. The maximum atomic E-state index is 12.6. The van der Waals surface area contributed by atoms with Gasteiger partial charge in [0.2, 0.25) is 0 Å². The molecule has 5 nitrogen and oxygen atoms in total. The number of carbonyl (C=O) groups is 1. The summed E-state index contributed by atoms with van der Waals surface area (Å²) in [7, 11) is 1.59. The molecular formula is C15H22N2O3. The Morgan fingerprint density at radius 3 is 2.75 bits per heavy atom. The van der Waals surface area contributed by atoms with Crippen molar-refractivity contribution in [2.24, 2.45) is 0 Å². The average molecular weight is 278 g/mol. The molecule has 0 aromatic heterocycles. The molecule has 1 aromatic carbocycles. The number of aliphatic hydroxyl groups excluding tert-OH is 1. The fraction of sp³-hybridized carbons (Fsp3) is 0.533. The second-order valence-corrected chi connectivity index (χ2v) is 4.84. The van der Waals surface area contributed by atoms with E-state index in [0.717, 1.165) is 11.3 Å². The van der Waals surface area contributed by atoms with E-state index < -0.39 is 6.10 Å². The molecule has 1 unspecified atom stereocenters. The van der Waals surface area contributed by atoms with Crippen molar-refractivity contribution in [3.05, 3.63) is 23.8 Å². The van der Waals surface area contributed by atoms with Crippen molar-refractivity contribution < 1.29 is 14.6 Å². The molecule has 0 aliphatic carbocycles. The summed E-state index contributed by atoms with van der Waals surface area (Å²) < 4.78 is 5.22. The van der Waals surface area contributed by atoms with Crippen LogP contribution < -0.4 is 9.64 Å². The summed E-state index contributed by atoms with van der Waals surface area (Å²) in [4.78, 5) is 16.1. The van der Waals surface area contributed by atoms with Crippen LogP contribution in [0.25, 0.3) is 0 Å². The minimum absolute atomic E-state index is 0.0172. The van der Waals surface area contributed by atoms with Crippen LogP contribution in [0.3, 0.4) is 0 Å². The molecule has 1 N–H and O–H groups in total. The number of urea groups is 1. The first kappa shape index (κ1) is 14.7. The summed E-state index contributed by atoms with van der Waals surface area (Å²) in [5, 5.41) is 10.1. The van der Waals surface area contributed by atoms with E-state index in [1.54, 1.807) is 16.9 Å². The van der Waals surface area contributed by atoms with Crippen LogP contribution in [0.15, 0.2) is 18.2 Å². The minimum Gasteiger partial charge on any atom is -0.497 e. The van der Waals surface area contributed by atoms with Gasteiger partial charge in [-0.05, 0) is 26.3 Å². The number of fused-ring (bicyclic) bond motifs is 1. The van der Waals surface area contributed by atoms with Gasteiger partial charge in [0.25, 0.3) is 0 Å². The largest absolute Gasteiger partial charge is 0.497 e. The van der Waals surface area contributed by atoms with Crippen molar-refractivity contribution in [1.29, 1.82) is 0 Å². The number of amides is 2. The van der Waals surface area contributed by atoms with Crippen molar-refractivity contribution in [3.8, 4) is 5.75 Å². The zero-order chi connectivity index (χ0) is 14.7. The van der Waals surface area contributed by atoms with Gasteiger partial charge in [0.05, 0.1) is 18.9 Å². The Labute approximate surface area is 119 Å². The fourth-order valence-corrected chi connectivity index (χ4v) is 2.56. The van der Waals surface area contributed by atoms with Gasteiger partial charge in [-0.25, -0.2) is 4.79 Å². The summed E-state index contributed by atoms with van der Waals surface area (Å²) in [6, 6.07) is 5.45. The van der Waals surface area contributed by atoms with Crippen molar-refractivity contribution >= 4 is 11.7 Å². The molecule has 0 saturated carbocycles. The highest BCUT2D eigenvalue weighted by Gasteiger charge is 2.29. The van der Waals surface area contributed by atoms with Gasteiger partial charge in [-0.3, -0.25) is 4.90 Å². The minimum atomic E-state index is -0.517. The highest BCUT2D eigenvalue weighted by molar-refractivity contribution is 5.93. The third kappa shape index (κ3) is 2.58. The summed E-state index contributed by atoms with van der Waals surface area (Å²) >= 11 is 0. The van der Waals surface area contributed by atoms with Crippen LogP contribution in [0, 0.1) is 0 Å². The van der Waals surface area contributed by atoms with Gasteiger partial charge in [0.1, 0.15) is 5.75 Å². The second-order valence-electron chi connectivity index (χ2n) is 4.84. The van der Waals surface area contributed by atoms with Gasteiger partial charge < -0.3 is 14.7 Å². The quantitative estimate of drug-likeness (QED) is 0.923. The van der Waals surface area contributed by atoms with Crippen molar-refractivity contribution in [2.45, 2.75) is 26.4 Å². The van der Waals surface area contributed by atoms with E-state index in [1.807, 2.05) is 32.0 Å². The summed E-state index contributed by atoms with van der Waals surface area (Å²) in [5.41, 5.74) is 1.54. The Hall–Kier alpha value is -1.75. The normalized spacial score (nSPS) is 17.6. The Balaban J connectivity index is 2.38. The third-order valence-corrected chi connectivity index (χ3v) is 3.78. The van der Waals surface area contributed by atoms with Crippen LogP contribution in [0.2, 0.25) is 0 Å². The van der Waals surface area contributed by atoms with E-state index in [1.165, 1.54) is 0 Å². The number of hydrogen-bond acceptors (Lipinski definition) is 3. The third-order valence-electron chi connectivity index (χ3n) is 3.78. The lowest BCUT2D eigenvalue weighted by Gasteiger charge is -2.35. The van der Waals surface area contributed by atoms with Crippen LogP contribution in [0.4, 0.5) is 10.5 Å². The number of rotatable bonds is 3. The predicted molar refractivity (Wildman–Crippen MR) is 78.2 cm³/mol. The predicted octanol–water partition coefficient (Wildman–Crippen LogP) is 2.40. The molecule has 1 atom stereocenters. The van der Waals surface area contributed by atoms with Gasteiger partial charge in [0.15, 0.2) is 0 Å². The second kappa shape index (κ2) is 6.13.